The first-order valence-corrected chi connectivity index (χ1v) is 12.4. The smallest absolute Gasteiger partial charge is 0.278 e. The summed E-state index contributed by atoms with van der Waals surface area (Å²) in [7, 11) is 0. The van der Waals surface area contributed by atoms with E-state index in [1.807, 2.05) is 59.2 Å². The molecule has 9 nitrogen and oxygen atoms in total. The minimum Gasteiger partial charge on any atom is -0.355 e. The molecule has 2 N–H and O–H groups in total. The van der Waals surface area contributed by atoms with Crippen molar-refractivity contribution in [1.29, 1.82) is 5.26 Å². The van der Waals surface area contributed by atoms with E-state index in [9.17, 15) is 10.1 Å². The fourth-order valence-corrected chi connectivity index (χ4v) is 5.16. The number of anilines is 1. The standard InChI is InChI=1S/C28H26N8O/c29-13-22-25-26(28(37)35(18-32-25)17-24-31-14-20-9-4-5-11-23(20)33-24)36(15-19-7-2-1-3-8-19)27(22)34-12-6-10-21(30)16-34/h1-5,7-9,11,14,18,21H,6,10,12,15-17,30H2. The van der Waals surface area contributed by atoms with E-state index in [1.165, 1.54) is 10.9 Å². The molecule has 0 spiro atoms. The maximum Gasteiger partial charge on any atom is 0.278 e. The number of nitrogens with two attached hydrogens (primary N) is 1. The number of piperidine rings is 1. The van der Waals surface area contributed by atoms with Crippen molar-refractivity contribution < 1.29 is 0 Å². The molecule has 1 atom stereocenters. The van der Waals surface area contributed by atoms with Gasteiger partial charge in [-0.05, 0) is 24.5 Å². The minimum absolute atomic E-state index is 0.0122. The molecule has 0 aliphatic carbocycles. The van der Waals surface area contributed by atoms with Crippen LogP contribution in [-0.2, 0) is 13.1 Å². The largest absolute Gasteiger partial charge is 0.355 e. The van der Waals surface area contributed by atoms with Crippen LogP contribution in [0.1, 0.15) is 29.8 Å². The van der Waals surface area contributed by atoms with E-state index in [4.69, 9.17) is 5.73 Å². The molecule has 0 radical (unpaired) electrons. The molecule has 184 valence electrons. The van der Waals surface area contributed by atoms with E-state index in [-0.39, 0.29) is 18.1 Å². The molecule has 4 heterocycles. The van der Waals surface area contributed by atoms with Crippen molar-refractivity contribution in [1.82, 2.24) is 24.1 Å². The zero-order chi connectivity index (χ0) is 25.4. The van der Waals surface area contributed by atoms with Crippen LogP contribution in [0.3, 0.4) is 0 Å². The van der Waals surface area contributed by atoms with Crippen LogP contribution in [0.15, 0.2) is 71.9 Å². The molecular weight excluding hydrogens is 464 g/mol. The van der Waals surface area contributed by atoms with Crippen LogP contribution in [-0.4, -0.2) is 43.2 Å². The Morgan fingerprint density at radius 2 is 1.86 bits per heavy atom. The first-order chi connectivity index (χ1) is 18.1. The van der Waals surface area contributed by atoms with Crippen LogP contribution in [0.25, 0.3) is 21.9 Å². The average Bonchev–Trinajstić information content (AvgIpc) is 3.24. The van der Waals surface area contributed by atoms with Crippen LogP contribution in [0, 0.1) is 11.3 Å². The summed E-state index contributed by atoms with van der Waals surface area (Å²) in [6.07, 6.45) is 5.12. The van der Waals surface area contributed by atoms with Crippen molar-refractivity contribution in [3.8, 4) is 6.07 Å². The Morgan fingerprint density at radius 3 is 2.68 bits per heavy atom. The Bertz CT molecular complexity index is 1700. The van der Waals surface area contributed by atoms with Gasteiger partial charge < -0.3 is 15.2 Å². The lowest BCUT2D eigenvalue weighted by atomic mass is 10.1. The van der Waals surface area contributed by atoms with E-state index >= 15 is 0 Å². The van der Waals surface area contributed by atoms with Crippen molar-refractivity contribution in [2.75, 3.05) is 18.0 Å². The minimum atomic E-state index is -0.234. The van der Waals surface area contributed by atoms with Crippen molar-refractivity contribution in [2.45, 2.75) is 32.0 Å². The molecule has 1 fully saturated rings. The fraction of sp³-hybridized carbons (Fsp3) is 0.250. The van der Waals surface area contributed by atoms with Gasteiger partial charge >= 0.3 is 0 Å². The van der Waals surface area contributed by atoms with E-state index in [0.717, 1.165) is 35.9 Å². The number of hydrogen-bond donors (Lipinski definition) is 1. The Hall–Kier alpha value is -4.55. The summed E-state index contributed by atoms with van der Waals surface area (Å²) in [4.78, 5) is 29.8. The van der Waals surface area contributed by atoms with Gasteiger partial charge in [-0.1, -0.05) is 48.5 Å². The Kier molecular flexibility index (Phi) is 5.87. The van der Waals surface area contributed by atoms with E-state index in [1.54, 1.807) is 6.20 Å². The summed E-state index contributed by atoms with van der Waals surface area (Å²) in [5.74, 6) is 1.23. The van der Waals surface area contributed by atoms with Crippen LogP contribution in [0.2, 0.25) is 0 Å². The zero-order valence-electron chi connectivity index (χ0n) is 20.3. The molecule has 1 saturated heterocycles. The summed E-state index contributed by atoms with van der Waals surface area (Å²) >= 11 is 0. The van der Waals surface area contributed by atoms with Crippen molar-refractivity contribution >= 4 is 27.8 Å². The number of fused-ring (bicyclic) bond motifs is 2. The van der Waals surface area contributed by atoms with Gasteiger partial charge in [0.05, 0.1) is 18.4 Å². The van der Waals surface area contributed by atoms with Gasteiger partial charge in [-0.15, -0.1) is 0 Å². The van der Waals surface area contributed by atoms with Gasteiger partial charge in [0.1, 0.15) is 34.3 Å². The third-order valence-electron chi connectivity index (χ3n) is 6.90. The van der Waals surface area contributed by atoms with Gasteiger partial charge in [0.2, 0.25) is 0 Å². The fourth-order valence-electron chi connectivity index (χ4n) is 5.16. The molecule has 0 amide bonds. The molecule has 0 saturated carbocycles. The molecule has 37 heavy (non-hydrogen) atoms. The normalized spacial score (nSPS) is 15.8. The SMILES string of the molecule is N#Cc1c(N2CCCC(N)C2)n(Cc2ccccc2)c2c(=O)n(Cc3ncc4ccccc4n3)cnc12. The lowest BCUT2D eigenvalue weighted by molar-refractivity contribution is 0.498. The number of hydrogen-bond acceptors (Lipinski definition) is 7. The van der Waals surface area contributed by atoms with Crippen molar-refractivity contribution in [3.05, 3.63) is 94.4 Å². The predicted octanol–water partition coefficient (Wildman–Crippen LogP) is 3.04. The van der Waals surface area contributed by atoms with Crippen molar-refractivity contribution in [2.24, 2.45) is 5.73 Å². The highest BCUT2D eigenvalue weighted by atomic mass is 16.1. The van der Waals surface area contributed by atoms with Gasteiger partial charge in [0.25, 0.3) is 5.56 Å². The second-order valence-corrected chi connectivity index (χ2v) is 9.45. The molecule has 1 unspecified atom stereocenters. The van der Waals surface area contributed by atoms with Gasteiger partial charge in [-0.25, -0.2) is 15.0 Å². The molecule has 0 bridgehead atoms. The van der Waals surface area contributed by atoms with Crippen LogP contribution < -0.4 is 16.2 Å². The van der Waals surface area contributed by atoms with Gasteiger partial charge in [-0.3, -0.25) is 9.36 Å². The van der Waals surface area contributed by atoms with Crippen LogP contribution in [0.5, 0.6) is 0 Å². The topological polar surface area (TPSA) is 119 Å². The highest BCUT2D eigenvalue weighted by molar-refractivity contribution is 5.89. The Balaban J connectivity index is 1.51. The number of para-hydroxylation sites is 1. The van der Waals surface area contributed by atoms with Crippen LogP contribution >= 0.6 is 0 Å². The second-order valence-electron chi connectivity index (χ2n) is 9.45. The van der Waals surface area contributed by atoms with E-state index in [2.05, 4.69) is 25.9 Å². The highest BCUT2D eigenvalue weighted by Gasteiger charge is 2.28. The highest BCUT2D eigenvalue weighted by Crippen LogP contribution is 2.32. The number of nitrogens with zero attached hydrogens (tertiary/aromatic N) is 7. The summed E-state index contributed by atoms with van der Waals surface area (Å²) < 4.78 is 3.45. The zero-order valence-corrected chi connectivity index (χ0v) is 20.3. The number of nitriles is 1. The lowest BCUT2D eigenvalue weighted by Gasteiger charge is -2.33. The maximum atomic E-state index is 13.9. The first-order valence-electron chi connectivity index (χ1n) is 12.4. The second kappa shape index (κ2) is 9.48. The summed E-state index contributed by atoms with van der Waals surface area (Å²) in [6.45, 7) is 2.01. The molecule has 6 rings (SSSR count). The molecule has 5 aromatic rings. The van der Waals surface area contributed by atoms with Gasteiger partial charge in [0, 0.05) is 37.3 Å². The number of aromatic nitrogens is 5. The van der Waals surface area contributed by atoms with Crippen LogP contribution in [0.4, 0.5) is 5.82 Å². The van der Waals surface area contributed by atoms with Crippen molar-refractivity contribution in [3.63, 3.8) is 0 Å². The number of benzene rings is 2. The van der Waals surface area contributed by atoms with E-state index < -0.39 is 0 Å². The third kappa shape index (κ3) is 4.21. The predicted molar refractivity (Wildman–Crippen MR) is 142 cm³/mol. The quantitative estimate of drug-likeness (QED) is 0.402. The van der Waals surface area contributed by atoms with Gasteiger partial charge in [-0.2, -0.15) is 5.26 Å². The molecule has 1 aliphatic rings. The summed E-state index contributed by atoms with van der Waals surface area (Å²) in [6, 6.07) is 20.0. The van der Waals surface area contributed by atoms with Gasteiger partial charge in [0.15, 0.2) is 0 Å². The first kappa shape index (κ1) is 22.9. The molecule has 9 heteroatoms. The molecular formula is C28H26N8O. The summed E-state index contributed by atoms with van der Waals surface area (Å²) in [5, 5.41) is 11.1. The summed E-state index contributed by atoms with van der Waals surface area (Å²) in [5.41, 5.74) is 9.13. The lowest BCUT2D eigenvalue weighted by Crippen LogP contribution is -2.44. The molecule has 2 aromatic carbocycles. The number of rotatable bonds is 5. The average molecular weight is 491 g/mol. The monoisotopic (exact) mass is 490 g/mol. The Morgan fingerprint density at radius 1 is 1.05 bits per heavy atom. The maximum absolute atomic E-state index is 13.9. The third-order valence-corrected chi connectivity index (χ3v) is 6.90. The molecule has 1 aliphatic heterocycles. The Labute approximate surface area is 213 Å². The van der Waals surface area contributed by atoms with E-state index in [0.29, 0.717) is 41.3 Å². The molecule has 3 aromatic heterocycles.